The highest BCUT2D eigenvalue weighted by Crippen LogP contribution is 2.25. The Bertz CT molecular complexity index is 437. The first-order valence-electron chi connectivity index (χ1n) is 4.16. The predicted octanol–water partition coefficient (Wildman–Crippen LogP) is 1.34. The van der Waals surface area contributed by atoms with Gasteiger partial charge in [-0.2, -0.15) is 0 Å². The highest BCUT2D eigenvalue weighted by atomic mass is 35.5. The third-order valence-electron chi connectivity index (χ3n) is 1.74. The molecule has 1 aromatic rings. The first-order chi connectivity index (χ1) is 7.41. The van der Waals surface area contributed by atoms with Crippen molar-refractivity contribution < 1.29 is 14.7 Å². The van der Waals surface area contributed by atoms with E-state index in [0.717, 1.165) is 0 Å². The Morgan fingerprint density at radius 2 is 2.00 bits per heavy atom. The minimum Gasteiger partial charge on any atom is -0.480 e. The normalized spacial score (nSPS) is 11.9. The van der Waals surface area contributed by atoms with Crippen LogP contribution < -0.4 is 11.1 Å². The van der Waals surface area contributed by atoms with Crippen LogP contribution in [0.4, 0.5) is 5.69 Å². The van der Waals surface area contributed by atoms with Crippen LogP contribution in [0, 0.1) is 0 Å². The lowest BCUT2D eigenvalue weighted by atomic mass is 10.2. The summed E-state index contributed by atoms with van der Waals surface area (Å²) in [6, 6.07) is 2.75. The number of carbonyl (C=O) groups is 2. The lowest BCUT2D eigenvalue weighted by Crippen LogP contribution is -2.42. The number of nitrogens with one attached hydrogen (secondary N) is 1. The van der Waals surface area contributed by atoms with Crippen molar-refractivity contribution in [2.45, 2.75) is 6.04 Å². The van der Waals surface area contributed by atoms with Crippen LogP contribution >= 0.6 is 23.2 Å². The summed E-state index contributed by atoms with van der Waals surface area (Å²) >= 11 is 11.4. The zero-order valence-electron chi connectivity index (χ0n) is 7.91. The van der Waals surface area contributed by atoms with E-state index in [4.69, 9.17) is 34.0 Å². The molecule has 16 heavy (non-hydrogen) atoms. The molecule has 0 aliphatic rings. The van der Waals surface area contributed by atoms with E-state index in [0.29, 0.717) is 5.02 Å². The minimum atomic E-state index is -1.63. The van der Waals surface area contributed by atoms with E-state index in [1.54, 1.807) is 0 Å². The second-order valence-electron chi connectivity index (χ2n) is 2.93. The van der Waals surface area contributed by atoms with Crippen molar-refractivity contribution in [3.8, 4) is 0 Å². The highest BCUT2D eigenvalue weighted by molar-refractivity contribution is 6.36. The molecule has 0 saturated carbocycles. The Morgan fingerprint density at radius 1 is 1.38 bits per heavy atom. The van der Waals surface area contributed by atoms with E-state index < -0.39 is 17.9 Å². The van der Waals surface area contributed by atoms with Gasteiger partial charge in [0.2, 0.25) is 0 Å². The Morgan fingerprint density at radius 3 is 2.50 bits per heavy atom. The number of halogens is 2. The molecule has 0 spiro atoms. The Hall–Kier alpha value is -1.30. The number of aliphatic carboxylic acids is 1. The van der Waals surface area contributed by atoms with Crippen molar-refractivity contribution in [1.82, 2.24) is 0 Å². The lowest BCUT2D eigenvalue weighted by molar-refractivity contribution is -0.141. The van der Waals surface area contributed by atoms with E-state index in [9.17, 15) is 9.59 Å². The molecule has 0 fully saturated rings. The average Bonchev–Trinajstić information content (AvgIpc) is 2.20. The first-order valence-corrected chi connectivity index (χ1v) is 4.91. The molecule has 0 heterocycles. The SMILES string of the molecule is NC(C(=O)O)C(=O)Nc1ccc(Cl)cc1Cl. The Balaban J connectivity index is 2.81. The summed E-state index contributed by atoms with van der Waals surface area (Å²) in [6.07, 6.45) is 0. The van der Waals surface area contributed by atoms with Crippen molar-refractivity contribution in [3.63, 3.8) is 0 Å². The van der Waals surface area contributed by atoms with E-state index in [1.165, 1.54) is 18.2 Å². The maximum Gasteiger partial charge on any atom is 0.330 e. The maximum absolute atomic E-state index is 11.3. The van der Waals surface area contributed by atoms with Gasteiger partial charge in [-0.25, -0.2) is 4.79 Å². The fraction of sp³-hybridized carbons (Fsp3) is 0.111. The molecule has 1 aromatic carbocycles. The molecule has 5 nitrogen and oxygen atoms in total. The van der Waals surface area contributed by atoms with E-state index in [2.05, 4.69) is 5.32 Å². The topological polar surface area (TPSA) is 92.4 Å². The number of anilines is 1. The largest absolute Gasteiger partial charge is 0.480 e. The van der Waals surface area contributed by atoms with Gasteiger partial charge in [-0.15, -0.1) is 0 Å². The number of carboxylic acids is 1. The standard InChI is InChI=1S/C9H8Cl2N2O3/c10-4-1-2-6(5(11)3-4)13-8(14)7(12)9(15)16/h1-3,7H,12H2,(H,13,14)(H,15,16). The summed E-state index contributed by atoms with van der Waals surface area (Å²) in [7, 11) is 0. The minimum absolute atomic E-state index is 0.207. The molecule has 0 aliphatic carbocycles. The molecule has 1 amide bonds. The second-order valence-corrected chi connectivity index (χ2v) is 3.77. The highest BCUT2D eigenvalue weighted by Gasteiger charge is 2.21. The molecule has 4 N–H and O–H groups in total. The van der Waals surface area contributed by atoms with Gasteiger partial charge >= 0.3 is 5.97 Å². The maximum atomic E-state index is 11.3. The smallest absolute Gasteiger partial charge is 0.330 e. The number of hydrogen-bond acceptors (Lipinski definition) is 3. The number of hydrogen-bond donors (Lipinski definition) is 3. The number of benzene rings is 1. The zero-order chi connectivity index (χ0) is 12.3. The molecule has 0 radical (unpaired) electrons. The summed E-state index contributed by atoms with van der Waals surface area (Å²) < 4.78 is 0. The number of carboxylic acid groups (broad SMARTS) is 1. The van der Waals surface area contributed by atoms with Gasteiger partial charge in [0, 0.05) is 5.02 Å². The lowest BCUT2D eigenvalue weighted by Gasteiger charge is -2.09. The Kier molecular flexibility index (Phi) is 4.12. The fourth-order valence-electron chi connectivity index (χ4n) is 0.913. The van der Waals surface area contributed by atoms with Gasteiger partial charge in [0.05, 0.1) is 10.7 Å². The van der Waals surface area contributed by atoms with Gasteiger partial charge in [-0.3, -0.25) is 4.79 Å². The van der Waals surface area contributed by atoms with Crippen molar-refractivity contribution in [2.24, 2.45) is 5.73 Å². The summed E-state index contributed by atoms with van der Waals surface area (Å²) in [5, 5.41) is 11.4. The van der Waals surface area contributed by atoms with E-state index in [1.807, 2.05) is 0 Å². The number of rotatable bonds is 3. The molecule has 7 heteroatoms. The molecule has 0 aliphatic heterocycles. The first kappa shape index (κ1) is 12.8. The van der Waals surface area contributed by atoms with Crippen molar-refractivity contribution in [3.05, 3.63) is 28.2 Å². The number of nitrogens with two attached hydrogens (primary N) is 1. The summed E-state index contributed by atoms with van der Waals surface area (Å²) in [4.78, 5) is 21.7. The van der Waals surface area contributed by atoms with Crippen LogP contribution in [0.25, 0.3) is 0 Å². The molecular weight excluding hydrogens is 255 g/mol. The molecule has 1 atom stereocenters. The Labute approximate surface area is 101 Å². The predicted molar refractivity (Wildman–Crippen MR) is 60.7 cm³/mol. The molecule has 1 unspecified atom stereocenters. The number of carbonyl (C=O) groups excluding carboxylic acids is 1. The van der Waals surface area contributed by atoms with Gasteiger partial charge in [-0.05, 0) is 18.2 Å². The van der Waals surface area contributed by atoms with E-state index >= 15 is 0 Å². The average molecular weight is 263 g/mol. The van der Waals surface area contributed by atoms with Crippen LogP contribution in [0.2, 0.25) is 10.0 Å². The number of amides is 1. The van der Waals surface area contributed by atoms with E-state index in [-0.39, 0.29) is 10.7 Å². The fourth-order valence-corrected chi connectivity index (χ4v) is 1.37. The third-order valence-corrected chi connectivity index (χ3v) is 2.29. The zero-order valence-corrected chi connectivity index (χ0v) is 9.42. The van der Waals surface area contributed by atoms with Crippen molar-refractivity contribution >= 4 is 40.8 Å². The monoisotopic (exact) mass is 262 g/mol. The van der Waals surface area contributed by atoms with Gasteiger partial charge in [-0.1, -0.05) is 23.2 Å². The van der Waals surface area contributed by atoms with Gasteiger partial charge in [0.25, 0.3) is 5.91 Å². The van der Waals surface area contributed by atoms with Gasteiger partial charge in [0.15, 0.2) is 6.04 Å². The van der Waals surface area contributed by atoms with Crippen molar-refractivity contribution in [1.29, 1.82) is 0 Å². The van der Waals surface area contributed by atoms with Gasteiger partial charge in [0.1, 0.15) is 0 Å². The van der Waals surface area contributed by atoms with Crippen LogP contribution in [0.5, 0.6) is 0 Å². The quantitative estimate of drug-likeness (QED) is 0.717. The summed E-state index contributed by atoms with van der Waals surface area (Å²) in [6.45, 7) is 0. The molecule has 1 rings (SSSR count). The third kappa shape index (κ3) is 3.10. The van der Waals surface area contributed by atoms with Crippen LogP contribution in [-0.2, 0) is 9.59 Å². The van der Waals surface area contributed by atoms with Crippen LogP contribution in [-0.4, -0.2) is 23.0 Å². The van der Waals surface area contributed by atoms with Gasteiger partial charge < -0.3 is 16.2 Å². The summed E-state index contributed by atoms with van der Waals surface area (Å²) in [5.74, 6) is -2.26. The van der Waals surface area contributed by atoms with Crippen LogP contribution in [0.1, 0.15) is 0 Å². The second kappa shape index (κ2) is 5.16. The molecule has 0 aromatic heterocycles. The van der Waals surface area contributed by atoms with Crippen LogP contribution in [0.15, 0.2) is 18.2 Å². The summed E-state index contributed by atoms with van der Waals surface area (Å²) in [5.41, 5.74) is 5.36. The van der Waals surface area contributed by atoms with Crippen molar-refractivity contribution in [2.75, 3.05) is 5.32 Å². The molecular formula is C9H8Cl2N2O3. The van der Waals surface area contributed by atoms with Crippen LogP contribution in [0.3, 0.4) is 0 Å². The molecule has 0 saturated heterocycles. The molecule has 86 valence electrons. The molecule has 0 bridgehead atoms.